The maximum atomic E-state index is 11.9. The van der Waals surface area contributed by atoms with Crippen LogP contribution in [-0.4, -0.2) is 12.5 Å². The molecule has 92 valence electrons. The van der Waals surface area contributed by atoms with Gasteiger partial charge in [-0.1, -0.05) is 12.1 Å². The van der Waals surface area contributed by atoms with Crippen molar-refractivity contribution in [2.24, 2.45) is 0 Å². The van der Waals surface area contributed by atoms with E-state index in [2.05, 4.69) is 16.7 Å². The molecular weight excluding hydrogens is 228 g/mol. The first-order chi connectivity index (χ1) is 8.84. The maximum Gasteiger partial charge on any atom is 0.291 e. The van der Waals surface area contributed by atoms with Crippen molar-refractivity contribution in [3.63, 3.8) is 0 Å². The molecule has 0 unspecified atom stereocenters. The van der Waals surface area contributed by atoms with Gasteiger partial charge in [-0.3, -0.25) is 4.79 Å². The summed E-state index contributed by atoms with van der Waals surface area (Å²) in [5.74, 6) is 0.133. The number of hydrogen-bond donors (Lipinski definition) is 2. The Kier molecular flexibility index (Phi) is 2.86. The number of nitrogens with one attached hydrogen (secondary N) is 2. The highest BCUT2D eigenvalue weighted by atomic mass is 16.3. The molecule has 0 atom stereocenters. The quantitative estimate of drug-likeness (QED) is 0.848. The number of rotatable bonds is 2. The van der Waals surface area contributed by atoms with Crippen molar-refractivity contribution in [3.8, 4) is 0 Å². The molecule has 0 fully saturated rings. The zero-order valence-corrected chi connectivity index (χ0v) is 9.90. The predicted octanol–water partition coefficient (Wildman–Crippen LogP) is 2.18. The molecular formula is C14H14N2O2. The highest BCUT2D eigenvalue weighted by Gasteiger charge is 2.15. The Labute approximate surface area is 105 Å². The van der Waals surface area contributed by atoms with Crippen molar-refractivity contribution >= 4 is 11.6 Å². The van der Waals surface area contributed by atoms with Crippen molar-refractivity contribution in [2.75, 3.05) is 11.9 Å². The van der Waals surface area contributed by atoms with Crippen LogP contribution in [0.3, 0.4) is 0 Å². The first kappa shape index (κ1) is 11.0. The Bertz CT molecular complexity index is 561. The number of amides is 1. The van der Waals surface area contributed by atoms with Crippen LogP contribution in [-0.2, 0) is 13.0 Å². The molecule has 0 aliphatic carbocycles. The fraction of sp³-hybridized carbons (Fsp3) is 0.214. The number of hydrogen-bond acceptors (Lipinski definition) is 3. The smallest absolute Gasteiger partial charge is 0.291 e. The van der Waals surface area contributed by atoms with Gasteiger partial charge in [-0.05, 0) is 42.3 Å². The molecule has 0 bridgehead atoms. The van der Waals surface area contributed by atoms with Gasteiger partial charge in [0.1, 0.15) is 0 Å². The molecule has 2 heterocycles. The fourth-order valence-electron chi connectivity index (χ4n) is 2.24. The zero-order chi connectivity index (χ0) is 12.4. The van der Waals surface area contributed by atoms with Crippen molar-refractivity contribution in [3.05, 3.63) is 53.5 Å². The second kappa shape index (κ2) is 4.66. The van der Waals surface area contributed by atoms with Crippen LogP contribution in [0.15, 0.2) is 41.0 Å². The van der Waals surface area contributed by atoms with E-state index in [1.54, 1.807) is 12.1 Å². The van der Waals surface area contributed by atoms with Crippen molar-refractivity contribution in [1.82, 2.24) is 5.32 Å². The number of anilines is 1. The van der Waals surface area contributed by atoms with Gasteiger partial charge in [0, 0.05) is 12.2 Å². The van der Waals surface area contributed by atoms with Gasteiger partial charge < -0.3 is 15.1 Å². The van der Waals surface area contributed by atoms with Crippen LogP contribution in [0.25, 0.3) is 0 Å². The van der Waals surface area contributed by atoms with E-state index in [4.69, 9.17) is 4.42 Å². The molecule has 2 aromatic rings. The van der Waals surface area contributed by atoms with Gasteiger partial charge in [-0.25, -0.2) is 0 Å². The third-order valence-electron chi connectivity index (χ3n) is 3.13. The Balaban J connectivity index is 1.87. The lowest BCUT2D eigenvalue weighted by Gasteiger charge is -2.20. The molecule has 2 N–H and O–H groups in total. The molecule has 1 aliphatic rings. The summed E-state index contributed by atoms with van der Waals surface area (Å²) < 4.78 is 5.09. The first-order valence-electron chi connectivity index (χ1n) is 6.01. The minimum absolute atomic E-state index is 0.202. The minimum atomic E-state index is -0.202. The third-order valence-corrected chi connectivity index (χ3v) is 3.13. The second-order valence-electron chi connectivity index (χ2n) is 4.30. The summed E-state index contributed by atoms with van der Waals surface area (Å²) in [5.41, 5.74) is 3.35. The van der Waals surface area contributed by atoms with E-state index in [0.717, 1.165) is 25.2 Å². The van der Waals surface area contributed by atoms with Crippen LogP contribution < -0.4 is 10.6 Å². The zero-order valence-electron chi connectivity index (χ0n) is 9.90. The molecule has 4 nitrogen and oxygen atoms in total. The molecule has 1 amide bonds. The second-order valence-corrected chi connectivity index (χ2v) is 4.30. The summed E-state index contributed by atoms with van der Waals surface area (Å²) in [6.45, 7) is 1.81. The lowest BCUT2D eigenvalue weighted by atomic mass is 9.99. The van der Waals surface area contributed by atoms with Crippen molar-refractivity contribution < 1.29 is 9.21 Å². The van der Waals surface area contributed by atoms with E-state index in [1.807, 2.05) is 12.1 Å². The van der Waals surface area contributed by atoms with Gasteiger partial charge >= 0.3 is 0 Å². The normalized spacial score (nSPS) is 14.0. The highest BCUT2D eigenvalue weighted by Crippen LogP contribution is 2.23. The Hall–Kier alpha value is -2.07. The largest absolute Gasteiger partial charge is 0.459 e. The van der Waals surface area contributed by atoms with Crippen molar-refractivity contribution in [1.29, 1.82) is 0 Å². The van der Waals surface area contributed by atoms with Crippen LogP contribution in [0.4, 0.5) is 5.69 Å². The van der Waals surface area contributed by atoms with Crippen LogP contribution in [0.5, 0.6) is 0 Å². The molecule has 18 heavy (non-hydrogen) atoms. The SMILES string of the molecule is O=C(Nc1cccc2c1CCNC2)c1ccco1. The molecule has 0 radical (unpaired) electrons. The summed E-state index contributed by atoms with van der Waals surface area (Å²) in [6, 6.07) is 9.35. The number of carbonyl (C=O) groups excluding carboxylic acids is 1. The average Bonchev–Trinajstić information content (AvgIpc) is 2.93. The van der Waals surface area contributed by atoms with Crippen LogP contribution in [0.1, 0.15) is 21.7 Å². The van der Waals surface area contributed by atoms with E-state index in [9.17, 15) is 4.79 Å². The number of furan rings is 1. The van der Waals surface area contributed by atoms with Gasteiger partial charge in [-0.2, -0.15) is 0 Å². The molecule has 1 aromatic heterocycles. The minimum Gasteiger partial charge on any atom is -0.459 e. The lowest BCUT2D eigenvalue weighted by Crippen LogP contribution is -2.25. The van der Waals surface area contributed by atoms with Gasteiger partial charge in [0.15, 0.2) is 5.76 Å². The topological polar surface area (TPSA) is 54.3 Å². The van der Waals surface area contributed by atoms with Crippen molar-refractivity contribution in [2.45, 2.75) is 13.0 Å². The summed E-state index contributed by atoms with van der Waals surface area (Å²) in [7, 11) is 0. The number of carbonyl (C=O) groups is 1. The lowest BCUT2D eigenvalue weighted by molar-refractivity contribution is 0.0996. The molecule has 1 aromatic carbocycles. The molecule has 4 heteroatoms. The fourth-order valence-corrected chi connectivity index (χ4v) is 2.24. The molecule has 3 rings (SSSR count). The molecule has 0 saturated carbocycles. The summed E-state index contributed by atoms with van der Waals surface area (Å²) in [6.07, 6.45) is 2.43. The standard InChI is InChI=1S/C14H14N2O2/c17-14(13-5-2-8-18-13)16-12-4-1-3-10-9-15-7-6-11(10)12/h1-5,8,15H,6-7,9H2,(H,16,17). The first-order valence-corrected chi connectivity index (χ1v) is 6.01. The van der Waals surface area contributed by atoms with Crippen LogP contribution in [0, 0.1) is 0 Å². The summed E-state index contributed by atoms with van der Waals surface area (Å²) in [5, 5.41) is 6.23. The van der Waals surface area contributed by atoms with Gasteiger partial charge in [0.05, 0.1) is 6.26 Å². The molecule has 1 aliphatic heterocycles. The average molecular weight is 242 g/mol. The summed E-state index contributed by atoms with van der Waals surface area (Å²) in [4.78, 5) is 11.9. The highest BCUT2D eigenvalue weighted by molar-refractivity contribution is 6.02. The number of benzene rings is 1. The molecule has 0 saturated heterocycles. The van der Waals surface area contributed by atoms with E-state index < -0.39 is 0 Å². The Morgan fingerprint density at radius 1 is 1.28 bits per heavy atom. The van der Waals surface area contributed by atoms with Gasteiger partial charge in [0.25, 0.3) is 5.91 Å². The van der Waals surface area contributed by atoms with E-state index in [0.29, 0.717) is 5.76 Å². The summed E-state index contributed by atoms with van der Waals surface area (Å²) >= 11 is 0. The van der Waals surface area contributed by atoms with E-state index in [-0.39, 0.29) is 5.91 Å². The number of fused-ring (bicyclic) bond motifs is 1. The van der Waals surface area contributed by atoms with Crippen LogP contribution >= 0.6 is 0 Å². The third kappa shape index (κ3) is 2.02. The molecule has 0 spiro atoms. The Morgan fingerprint density at radius 2 is 2.22 bits per heavy atom. The van der Waals surface area contributed by atoms with E-state index in [1.165, 1.54) is 17.4 Å². The maximum absolute atomic E-state index is 11.9. The monoisotopic (exact) mass is 242 g/mol. The van der Waals surface area contributed by atoms with Gasteiger partial charge in [-0.15, -0.1) is 0 Å². The Morgan fingerprint density at radius 3 is 3.06 bits per heavy atom. The van der Waals surface area contributed by atoms with Crippen LogP contribution in [0.2, 0.25) is 0 Å². The van der Waals surface area contributed by atoms with Gasteiger partial charge in [0.2, 0.25) is 0 Å². The predicted molar refractivity (Wildman–Crippen MR) is 68.5 cm³/mol. The van der Waals surface area contributed by atoms with E-state index >= 15 is 0 Å².